The Hall–Kier alpha value is -3.33. The fraction of sp³-hybridized carbons (Fsp3) is 0. The van der Waals surface area contributed by atoms with Gasteiger partial charge in [0.25, 0.3) is 5.91 Å². The number of terminal acetylenes is 1. The first-order valence-corrected chi connectivity index (χ1v) is 5.87. The number of benzene rings is 2. The lowest BCUT2D eigenvalue weighted by Crippen LogP contribution is -2.12. The Morgan fingerprint density at radius 1 is 1.29 bits per heavy atom. The second-order valence-electron chi connectivity index (χ2n) is 4.11. The van der Waals surface area contributed by atoms with Crippen LogP contribution in [0.25, 0.3) is 0 Å². The molecular formula is C15H10N2O4. The number of carbonyl (C=O) groups excluding carboxylic acids is 1. The van der Waals surface area contributed by atoms with E-state index in [1.165, 1.54) is 12.1 Å². The van der Waals surface area contributed by atoms with Crippen LogP contribution < -0.4 is 5.32 Å². The average molecular weight is 282 g/mol. The smallest absolute Gasteiger partial charge is 0.311 e. The zero-order chi connectivity index (χ0) is 15.4. The van der Waals surface area contributed by atoms with E-state index in [0.717, 1.165) is 6.07 Å². The molecule has 0 bridgehead atoms. The van der Waals surface area contributed by atoms with E-state index < -0.39 is 22.3 Å². The molecule has 0 radical (unpaired) electrons. The molecule has 6 nitrogen and oxygen atoms in total. The molecule has 0 aliphatic rings. The molecule has 1 amide bonds. The zero-order valence-electron chi connectivity index (χ0n) is 10.7. The van der Waals surface area contributed by atoms with E-state index in [-0.39, 0.29) is 5.56 Å². The van der Waals surface area contributed by atoms with E-state index in [1.807, 2.05) is 0 Å². The maximum atomic E-state index is 12.1. The SMILES string of the molecule is C#Cc1cccc(NC(=O)c2cccc([N+](=O)[O-])c2O)c1. The lowest BCUT2D eigenvalue weighted by atomic mass is 10.1. The minimum Gasteiger partial charge on any atom is -0.502 e. The molecule has 0 aliphatic carbocycles. The van der Waals surface area contributed by atoms with Gasteiger partial charge < -0.3 is 10.4 Å². The van der Waals surface area contributed by atoms with Crippen molar-refractivity contribution in [2.45, 2.75) is 0 Å². The molecule has 0 heterocycles. The summed E-state index contributed by atoms with van der Waals surface area (Å²) < 4.78 is 0. The quantitative estimate of drug-likeness (QED) is 0.514. The lowest BCUT2D eigenvalue weighted by molar-refractivity contribution is -0.385. The van der Waals surface area contributed by atoms with Crippen LogP contribution in [-0.2, 0) is 0 Å². The summed E-state index contributed by atoms with van der Waals surface area (Å²) in [4.78, 5) is 22.0. The molecule has 0 saturated carbocycles. The van der Waals surface area contributed by atoms with Crippen LogP contribution in [0.1, 0.15) is 15.9 Å². The minimum absolute atomic E-state index is 0.185. The predicted molar refractivity (Wildman–Crippen MR) is 77.1 cm³/mol. The van der Waals surface area contributed by atoms with Gasteiger partial charge in [-0.2, -0.15) is 0 Å². The summed E-state index contributed by atoms with van der Waals surface area (Å²) in [6.07, 6.45) is 5.26. The number of amides is 1. The van der Waals surface area contributed by atoms with Crippen molar-refractivity contribution < 1.29 is 14.8 Å². The summed E-state index contributed by atoms with van der Waals surface area (Å²) in [6, 6.07) is 10.3. The van der Waals surface area contributed by atoms with Gasteiger partial charge in [0.2, 0.25) is 5.75 Å². The summed E-state index contributed by atoms with van der Waals surface area (Å²) in [5.74, 6) is 1.09. The van der Waals surface area contributed by atoms with Crippen molar-refractivity contribution in [3.05, 3.63) is 63.7 Å². The van der Waals surface area contributed by atoms with Crippen LogP contribution in [0.3, 0.4) is 0 Å². The molecule has 2 N–H and O–H groups in total. The maximum Gasteiger partial charge on any atom is 0.311 e. The van der Waals surface area contributed by atoms with Crippen molar-refractivity contribution in [2.24, 2.45) is 0 Å². The van der Waals surface area contributed by atoms with E-state index in [4.69, 9.17) is 6.42 Å². The van der Waals surface area contributed by atoms with E-state index in [1.54, 1.807) is 24.3 Å². The van der Waals surface area contributed by atoms with Gasteiger partial charge in [-0.15, -0.1) is 6.42 Å². The zero-order valence-corrected chi connectivity index (χ0v) is 10.7. The number of para-hydroxylation sites is 1. The van der Waals surface area contributed by atoms with Crippen molar-refractivity contribution in [1.29, 1.82) is 0 Å². The van der Waals surface area contributed by atoms with Crippen LogP contribution in [0, 0.1) is 22.5 Å². The van der Waals surface area contributed by atoms with Gasteiger partial charge in [0.15, 0.2) is 0 Å². The van der Waals surface area contributed by atoms with Gasteiger partial charge in [-0.25, -0.2) is 0 Å². The minimum atomic E-state index is -0.759. The molecule has 0 aliphatic heterocycles. The Morgan fingerprint density at radius 2 is 2.00 bits per heavy atom. The van der Waals surface area contributed by atoms with E-state index in [2.05, 4.69) is 11.2 Å². The number of hydrogen-bond acceptors (Lipinski definition) is 4. The topological polar surface area (TPSA) is 92.5 Å². The fourth-order valence-corrected chi connectivity index (χ4v) is 1.75. The highest BCUT2D eigenvalue weighted by atomic mass is 16.6. The standard InChI is InChI=1S/C15H10N2O4/c1-2-10-5-3-6-11(9-10)16-15(19)12-7-4-8-13(14(12)18)17(20)21/h1,3-9,18H,(H,16,19). The summed E-state index contributed by atoms with van der Waals surface area (Å²) in [7, 11) is 0. The third-order valence-electron chi connectivity index (χ3n) is 2.74. The molecule has 0 aromatic heterocycles. The van der Waals surface area contributed by atoms with Crippen LogP contribution in [0.4, 0.5) is 11.4 Å². The van der Waals surface area contributed by atoms with Crippen molar-refractivity contribution in [2.75, 3.05) is 5.32 Å². The highest BCUT2D eigenvalue weighted by Gasteiger charge is 2.20. The van der Waals surface area contributed by atoms with Crippen molar-refractivity contribution in [3.63, 3.8) is 0 Å². The molecule has 2 aromatic carbocycles. The van der Waals surface area contributed by atoms with Crippen LogP contribution >= 0.6 is 0 Å². The summed E-state index contributed by atoms with van der Waals surface area (Å²) in [6.45, 7) is 0. The number of nitro groups is 1. The average Bonchev–Trinajstić information content (AvgIpc) is 2.47. The Kier molecular flexibility index (Phi) is 3.86. The van der Waals surface area contributed by atoms with Crippen molar-refractivity contribution >= 4 is 17.3 Å². The maximum absolute atomic E-state index is 12.1. The van der Waals surface area contributed by atoms with Gasteiger partial charge in [0, 0.05) is 17.3 Å². The molecule has 0 atom stereocenters. The van der Waals surface area contributed by atoms with E-state index >= 15 is 0 Å². The van der Waals surface area contributed by atoms with Crippen molar-refractivity contribution in [1.82, 2.24) is 0 Å². The number of phenolic OH excluding ortho intramolecular Hbond substituents is 1. The molecule has 2 rings (SSSR count). The summed E-state index contributed by atoms with van der Waals surface area (Å²) in [5.41, 5.74) is 0.299. The second kappa shape index (κ2) is 5.75. The van der Waals surface area contributed by atoms with Gasteiger partial charge in [0.05, 0.1) is 10.5 Å². The van der Waals surface area contributed by atoms with Crippen LogP contribution in [0.5, 0.6) is 5.75 Å². The summed E-state index contributed by atoms with van der Waals surface area (Å²) in [5, 5.41) is 23.0. The van der Waals surface area contributed by atoms with E-state index in [9.17, 15) is 20.0 Å². The number of nitrogens with zero attached hydrogens (tertiary/aromatic N) is 1. The molecule has 0 fully saturated rings. The van der Waals surface area contributed by atoms with Crippen molar-refractivity contribution in [3.8, 4) is 18.1 Å². The van der Waals surface area contributed by atoms with Crippen LogP contribution in [-0.4, -0.2) is 15.9 Å². The number of anilines is 1. The number of aromatic hydroxyl groups is 1. The summed E-state index contributed by atoms with van der Waals surface area (Å²) >= 11 is 0. The predicted octanol–water partition coefficient (Wildman–Crippen LogP) is 2.53. The first-order valence-electron chi connectivity index (χ1n) is 5.87. The van der Waals surface area contributed by atoms with Gasteiger partial charge in [0.1, 0.15) is 0 Å². The van der Waals surface area contributed by atoms with Crippen LogP contribution in [0.2, 0.25) is 0 Å². The fourth-order valence-electron chi connectivity index (χ4n) is 1.75. The van der Waals surface area contributed by atoms with E-state index in [0.29, 0.717) is 11.3 Å². The van der Waals surface area contributed by atoms with Gasteiger partial charge in [-0.05, 0) is 24.3 Å². The second-order valence-corrected chi connectivity index (χ2v) is 4.11. The molecule has 0 spiro atoms. The highest BCUT2D eigenvalue weighted by Crippen LogP contribution is 2.29. The molecular weight excluding hydrogens is 272 g/mol. The Morgan fingerprint density at radius 3 is 2.67 bits per heavy atom. The highest BCUT2D eigenvalue weighted by molar-refractivity contribution is 6.06. The first-order chi connectivity index (χ1) is 10.0. The monoisotopic (exact) mass is 282 g/mol. The third-order valence-corrected chi connectivity index (χ3v) is 2.74. The number of hydrogen-bond donors (Lipinski definition) is 2. The number of nitro benzene ring substituents is 1. The molecule has 6 heteroatoms. The van der Waals surface area contributed by atoms with Gasteiger partial charge in [-0.1, -0.05) is 18.1 Å². The third kappa shape index (κ3) is 2.98. The largest absolute Gasteiger partial charge is 0.502 e. The molecule has 21 heavy (non-hydrogen) atoms. The van der Waals surface area contributed by atoms with Gasteiger partial charge >= 0.3 is 5.69 Å². The first kappa shape index (κ1) is 14.1. The number of rotatable bonds is 3. The molecule has 104 valence electrons. The number of phenols is 1. The Balaban J connectivity index is 2.31. The molecule has 2 aromatic rings. The van der Waals surface area contributed by atoms with Gasteiger partial charge in [-0.3, -0.25) is 14.9 Å². The van der Waals surface area contributed by atoms with Crippen LogP contribution in [0.15, 0.2) is 42.5 Å². The molecule has 0 saturated heterocycles. The number of carbonyl (C=O) groups is 1. The molecule has 0 unspecified atom stereocenters. The number of nitrogens with one attached hydrogen (secondary N) is 1. The normalized spacial score (nSPS) is 9.67. The Labute approximate surface area is 120 Å². The lowest BCUT2D eigenvalue weighted by Gasteiger charge is -2.07. The Bertz CT molecular complexity index is 763.